The van der Waals surface area contributed by atoms with E-state index in [0.29, 0.717) is 23.7 Å². The van der Waals surface area contributed by atoms with Crippen molar-refractivity contribution < 1.29 is 27.0 Å². The highest BCUT2D eigenvalue weighted by atomic mass is 32.1. The highest BCUT2D eigenvalue weighted by molar-refractivity contribution is 7.09. The number of benzene rings is 1. The SMILES string of the molecule is COc1cc(/C=N\Nc2c(F)c(F)nc(F)c2F)ccc1OCc1cccs1. The molecule has 10 heteroatoms. The van der Waals surface area contributed by atoms with Crippen LogP contribution in [0.15, 0.2) is 40.8 Å². The van der Waals surface area contributed by atoms with Gasteiger partial charge < -0.3 is 9.47 Å². The van der Waals surface area contributed by atoms with Crippen LogP contribution < -0.4 is 14.9 Å². The summed E-state index contributed by atoms with van der Waals surface area (Å²) in [6.45, 7) is 0.376. The fraction of sp³-hybridized carbons (Fsp3) is 0.111. The fourth-order valence-corrected chi connectivity index (χ4v) is 2.80. The molecule has 0 saturated carbocycles. The Morgan fingerprint density at radius 3 is 2.50 bits per heavy atom. The maximum atomic E-state index is 13.5. The second kappa shape index (κ2) is 8.70. The highest BCUT2D eigenvalue weighted by Gasteiger charge is 2.20. The normalized spacial score (nSPS) is 11.0. The third-order valence-corrected chi connectivity index (χ3v) is 4.38. The van der Waals surface area contributed by atoms with Gasteiger partial charge in [0.2, 0.25) is 11.6 Å². The molecule has 0 fully saturated rings. The van der Waals surface area contributed by atoms with Crippen LogP contribution in [0.5, 0.6) is 11.5 Å². The third kappa shape index (κ3) is 4.39. The number of hydrogen-bond acceptors (Lipinski definition) is 6. The van der Waals surface area contributed by atoms with Crippen LogP contribution in [0.4, 0.5) is 23.2 Å². The molecule has 0 unspecified atom stereocenters. The van der Waals surface area contributed by atoms with Crippen molar-refractivity contribution in [3.63, 3.8) is 0 Å². The van der Waals surface area contributed by atoms with Crippen LogP contribution in [-0.2, 0) is 6.61 Å². The van der Waals surface area contributed by atoms with Gasteiger partial charge in [-0.2, -0.15) is 27.6 Å². The minimum absolute atomic E-state index is 0.376. The molecule has 2 heterocycles. The van der Waals surface area contributed by atoms with Gasteiger partial charge in [0.25, 0.3) is 11.9 Å². The maximum Gasteiger partial charge on any atom is 0.254 e. The van der Waals surface area contributed by atoms with Crippen LogP contribution in [0, 0.1) is 23.5 Å². The van der Waals surface area contributed by atoms with E-state index in [-0.39, 0.29) is 0 Å². The molecule has 0 atom stereocenters. The number of halogens is 4. The van der Waals surface area contributed by atoms with Crippen LogP contribution in [-0.4, -0.2) is 18.3 Å². The fourth-order valence-electron chi connectivity index (χ4n) is 2.18. The molecule has 28 heavy (non-hydrogen) atoms. The molecular weight excluding hydrogens is 398 g/mol. The predicted octanol–water partition coefficient (Wildman–Crippen LogP) is 4.73. The zero-order valence-electron chi connectivity index (χ0n) is 14.4. The van der Waals surface area contributed by atoms with Crippen LogP contribution in [0.1, 0.15) is 10.4 Å². The molecule has 0 amide bonds. The molecule has 0 bridgehead atoms. The number of rotatable bonds is 7. The third-order valence-electron chi connectivity index (χ3n) is 3.53. The van der Waals surface area contributed by atoms with Gasteiger partial charge in [0, 0.05) is 4.88 Å². The zero-order chi connectivity index (χ0) is 20.1. The Hall–Kier alpha value is -3.14. The van der Waals surface area contributed by atoms with Crippen molar-refractivity contribution in [1.82, 2.24) is 4.98 Å². The lowest BCUT2D eigenvalue weighted by atomic mass is 10.2. The molecule has 1 N–H and O–H groups in total. The lowest BCUT2D eigenvalue weighted by Crippen LogP contribution is -2.06. The number of nitrogens with one attached hydrogen (secondary N) is 1. The molecule has 0 aliphatic heterocycles. The first-order valence-corrected chi connectivity index (χ1v) is 8.70. The topological polar surface area (TPSA) is 55.7 Å². The first kappa shape index (κ1) is 19.6. The average molecular weight is 411 g/mol. The lowest BCUT2D eigenvalue weighted by molar-refractivity contribution is 0.287. The van der Waals surface area contributed by atoms with Gasteiger partial charge in [0.1, 0.15) is 12.3 Å². The monoisotopic (exact) mass is 411 g/mol. The Balaban J connectivity index is 1.72. The van der Waals surface area contributed by atoms with Crippen LogP contribution >= 0.6 is 11.3 Å². The Morgan fingerprint density at radius 1 is 1.11 bits per heavy atom. The van der Waals surface area contributed by atoms with Crippen molar-refractivity contribution in [3.05, 3.63) is 69.7 Å². The van der Waals surface area contributed by atoms with Gasteiger partial charge in [-0.1, -0.05) is 6.07 Å². The summed E-state index contributed by atoms with van der Waals surface area (Å²) in [4.78, 5) is 3.50. The van der Waals surface area contributed by atoms with Crippen molar-refractivity contribution in [3.8, 4) is 11.5 Å². The number of hydrazone groups is 1. The summed E-state index contributed by atoms with van der Waals surface area (Å²) in [7, 11) is 1.46. The van der Waals surface area contributed by atoms with E-state index in [1.54, 1.807) is 29.5 Å². The van der Waals surface area contributed by atoms with Crippen LogP contribution in [0.25, 0.3) is 0 Å². The number of hydrogen-bond donors (Lipinski definition) is 1. The largest absolute Gasteiger partial charge is 0.493 e. The smallest absolute Gasteiger partial charge is 0.254 e. The summed E-state index contributed by atoms with van der Waals surface area (Å²) in [5.74, 6) is -5.98. The second-order valence-electron chi connectivity index (χ2n) is 5.34. The lowest BCUT2D eigenvalue weighted by Gasteiger charge is -2.10. The van der Waals surface area contributed by atoms with E-state index in [0.717, 1.165) is 4.88 Å². The molecule has 1 aromatic carbocycles. The Morgan fingerprint density at radius 2 is 1.86 bits per heavy atom. The van der Waals surface area contributed by atoms with E-state index in [1.165, 1.54) is 13.3 Å². The van der Waals surface area contributed by atoms with E-state index in [2.05, 4.69) is 10.1 Å². The molecule has 3 aromatic rings. The van der Waals surface area contributed by atoms with Crippen LogP contribution in [0.3, 0.4) is 0 Å². The van der Waals surface area contributed by atoms with Gasteiger partial charge in [0.15, 0.2) is 11.5 Å². The minimum atomic E-state index is -1.77. The summed E-state index contributed by atoms with van der Waals surface area (Å²) in [5.41, 5.74) is 1.35. The summed E-state index contributed by atoms with van der Waals surface area (Å²) >= 11 is 1.56. The maximum absolute atomic E-state index is 13.5. The molecule has 2 aromatic heterocycles. The van der Waals surface area contributed by atoms with Crippen molar-refractivity contribution in [2.75, 3.05) is 12.5 Å². The van der Waals surface area contributed by atoms with Gasteiger partial charge in [-0.05, 0) is 35.2 Å². The van der Waals surface area contributed by atoms with Crippen LogP contribution in [0.2, 0.25) is 0 Å². The van der Waals surface area contributed by atoms with E-state index in [4.69, 9.17) is 9.47 Å². The molecule has 0 aliphatic rings. The van der Waals surface area contributed by atoms with Gasteiger partial charge in [-0.25, -0.2) is 0 Å². The van der Waals surface area contributed by atoms with E-state index in [1.807, 2.05) is 22.9 Å². The molecule has 0 radical (unpaired) electrons. The molecular formula is C18H13F4N3O2S. The first-order valence-electron chi connectivity index (χ1n) is 7.82. The molecule has 0 aliphatic carbocycles. The predicted molar refractivity (Wildman–Crippen MR) is 96.9 cm³/mol. The second-order valence-corrected chi connectivity index (χ2v) is 6.38. The number of aromatic nitrogens is 1. The quantitative estimate of drug-likeness (QED) is 0.264. The number of methoxy groups -OCH3 is 1. The van der Waals surface area contributed by atoms with Gasteiger partial charge in [0.05, 0.1) is 13.3 Å². The minimum Gasteiger partial charge on any atom is -0.493 e. The summed E-state index contributed by atoms with van der Waals surface area (Å²) in [5, 5.41) is 5.54. The van der Waals surface area contributed by atoms with Gasteiger partial charge in [-0.15, -0.1) is 11.3 Å². The number of thiophene rings is 1. The number of nitrogens with zero attached hydrogens (tertiary/aromatic N) is 2. The zero-order valence-corrected chi connectivity index (χ0v) is 15.2. The standard InChI is InChI=1S/C18H13F4N3O2S/c1-26-13-7-10(4-5-12(13)27-9-11-3-2-6-28-11)8-23-25-16-14(19)17(21)24-18(22)15(16)20/h2-8H,9H2,1H3,(H,24,25)/b23-8-. The van der Waals surface area contributed by atoms with Gasteiger partial charge >= 0.3 is 0 Å². The van der Waals surface area contributed by atoms with E-state index >= 15 is 0 Å². The van der Waals surface area contributed by atoms with Crippen molar-refractivity contribution in [2.24, 2.45) is 5.10 Å². The van der Waals surface area contributed by atoms with E-state index in [9.17, 15) is 17.6 Å². The number of ether oxygens (including phenoxy) is 2. The number of anilines is 1. The average Bonchev–Trinajstić information content (AvgIpc) is 3.21. The molecule has 0 spiro atoms. The summed E-state index contributed by atoms with van der Waals surface area (Å²) in [6, 6.07) is 8.69. The molecule has 5 nitrogen and oxygen atoms in total. The van der Waals surface area contributed by atoms with Gasteiger partial charge in [-0.3, -0.25) is 5.43 Å². The van der Waals surface area contributed by atoms with Crippen molar-refractivity contribution in [2.45, 2.75) is 6.61 Å². The molecule has 3 rings (SSSR count). The Kier molecular flexibility index (Phi) is 6.09. The Bertz CT molecular complexity index is 971. The first-order chi connectivity index (χ1) is 13.5. The van der Waals surface area contributed by atoms with Crippen molar-refractivity contribution >= 4 is 23.2 Å². The summed E-state index contributed by atoms with van der Waals surface area (Å²) in [6.07, 6.45) is 1.20. The molecule has 0 saturated heterocycles. The van der Waals surface area contributed by atoms with E-state index < -0.39 is 29.2 Å². The highest BCUT2D eigenvalue weighted by Crippen LogP contribution is 2.29. The summed E-state index contributed by atoms with van der Waals surface area (Å²) < 4.78 is 64.2. The Labute approximate surface area is 161 Å². The van der Waals surface area contributed by atoms with Crippen molar-refractivity contribution in [1.29, 1.82) is 0 Å². The molecule has 146 valence electrons. The number of pyridine rings is 1.